The van der Waals surface area contributed by atoms with Crippen LogP contribution in [0.1, 0.15) is 43.2 Å². The number of nitrogens with two attached hydrogens (primary N) is 1. The average Bonchev–Trinajstić information content (AvgIpc) is 2.95. The molecule has 3 unspecified atom stereocenters. The quantitative estimate of drug-likeness (QED) is 0.479. The highest BCUT2D eigenvalue weighted by molar-refractivity contribution is 7.93. The van der Waals surface area contributed by atoms with Gasteiger partial charge in [0.1, 0.15) is 0 Å². The van der Waals surface area contributed by atoms with Crippen LogP contribution in [0.2, 0.25) is 0 Å². The molecule has 0 aromatic heterocycles. The van der Waals surface area contributed by atoms with Crippen molar-refractivity contribution in [2.75, 3.05) is 6.54 Å². The van der Waals surface area contributed by atoms with Crippen molar-refractivity contribution in [1.29, 1.82) is 5.26 Å². The molecular formula is C30H31N3O5S. The number of piperidine rings is 1. The van der Waals surface area contributed by atoms with Gasteiger partial charge >= 0.3 is 5.97 Å². The van der Waals surface area contributed by atoms with Crippen molar-refractivity contribution in [3.63, 3.8) is 0 Å². The zero-order chi connectivity index (χ0) is 27.8. The van der Waals surface area contributed by atoms with Gasteiger partial charge in [0.15, 0.2) is 0 Å². The minimum atomic E-state index is -4.44. The Balaban J connectivity index is 1.60. The van der Waals surface area contributed by atoms with Gasteiger partial charge in [-0.3, -0.25) is 9.59 Å². The predicted octanol–water partition coefficient (Wildman–Crippen LogP) is 3.87. The number of carbonyl (C=O) groups is 2. The van der Waals surface area contributed by atoms with Crippen molar-refractivity contribution in [1.82, 2.24) is 4.90 Å². The highest BCUT2D eigenvalue weighted by Gasteiger charge is 2.54. The normalized spacial score (nSPS) is 22.9. The molecule has 1 aliphatic heterocycles. The maximum absolute atomic E-state index is 14.4. The van der Waals surface area contributed by atoms with Crippen LogP contribution in [-0.2, 0) is 25.8 Å². The third kappa shape index (κ3) is 4.79. The highest BCUT2D eigenvalue weighted by Crippen LogP contribution is 2.41. The number of likely N-dealkylation sites (tertiary alicyclic amines) is 1. The summed E-state index contributed by atoms with van der Waals surface area (Å²) in [4.78, 5) is 25.5. The Morgan fingerprint density at radius 3 is 2.49 bits per heavy atom. The van der Waals surface area contributed by atoms with Gasteiger partial charge in [-0.05, 0) is 65.8 Å². The van der Waals surface area contributed by atoms with E-state index >= 15 is 0 Å². The van der Waals surface area contributed by atoms with Crippen LogP contribution in [0.15, 0.2) is 71.6 Å². The van der Waals surface area contributed by atoms with Gasteiger partial charge in [0.2, 0.25) is 14.7 Å². The molecule has 1 saturated heterocycles. The van der Waals surface area contributed by atoms with E-state index in [2.05, 4.69) is 0 Å². The van der Waals surface area contributed by atoms with E-state index in [4.69, 9.17) is 5.73 Å². The van der Waals surface area contributed by atoms with E-state index in [1.807, 2.05) is 24.3 Å². The van der Waals surface area contributed by atoms with Crippen molar-refractivity contribution >= 4 is 32.5 Å². The molecule has 3 aromatic carbocycles. The molecule has 5 rings (SSSR count). The van der Waals surface area contributed by atoms with Crippen LogP contribution in [0, 0.1) is 23.2 Å². The monoisotopic (exact) mass is 545 g/mol. The lowest BCUT2D eigenvalue weighted by Gasteiger charge is -2.48. The second kappa shape index (κ2) is 10.4. The molecule has 0 spiro atoms. The minimum Gasteiger partial charge on any atom is -0.481 e. The molecule has 202 valence electrons. The van der Waals surface area contributed by atoms with Gasteiger partial charge in [-0.25, -0.2) is 8.42 Å². The van der Waals surface area contributed by atoms with Gasteiger partial charge in [0.25, 0.3) is 5.91 Å². The maximum atomic E-state index is 14.4. The summed E-state index contributed by atoms with van der Waals surface area (Å²) in [6.07, 6.45) is 2.90. The number of hydrogen-bond donors (Lipinski definition) is 2. The maximum Gasteiger partial charge on any atom is 0.306 e. The molecule has 3 N–H and O–H groups in total. The summed E-state index contributed by atoms with van der Waals surface area (Å²) in [6, 6.07) is 20.1. The molecule has 39 heavy (non-hydrogen) atoms. The number of nitrogens with zero attached hydrogens (tertiary/aromatic N) is 2. The van der Waals surface area contributed by atoms with Crippen LogP contribution in [-0.4, -0.2) is 47.8 Å². The Hall–Kier alpha value is -3.74. The van der Waals surface area contributed by atoms with E-state index in [-0.39, 0.29) is 36.2 Å². The van der Waals surface area contributed by atoms with E-state index in [0.29, 0.717) is 29.4 Å². The van der Waals surface area contributed by atoms with Crippen LogP contribution in [0.25, 0.3) is 10.8 Å². The number of nitriles is 1. The largest absolute Gasteiger partial charge is 0.481 e. The molecule has 3 aromatic rings. The second-order valence-electron chi connectivity index (χ2n) is 10.6. The SMILES string of the molecule is N#Cc1cccc(C[C@](N)(C(=O)N2CCC(C(=O)O)C3CCCCC32)S(=O)(=O)c2ccc3ccccc3c2)c1. The second-order valence-corrected chi connectivity index (χ2v) is 12.8. The van der Waals surface area contributed by atoms with Gasteiger partial charge in [-0.2, -0.15) is 5.26 Å². The first-order chi connectivity index (χ1) is 18.7. The predicted molar refractivity (Wildman–Crippen MR) is 146 cm³/mol. The lowest BCUT2D eigenvalue weighted by Crippen LogP contribution is -2.66. The lowest BCUT2D eigenvalue weighted by atomic mass is 9.71. The molecule has 1 heterocycles. The zero-order valence-corrected chi connectivity index (χ0v) is 22.3. The van der Waals surface area contributed by atoms with Crippen molar-refractivity contribution in [2.45, 2.75) is 54.3 Å². The van der Waals surface area contributed by atoms with E-state index in [0.717, 1.165) is 18.2 Å². The van der Waals surface area contributed by atoms with Crippen LogP contribution in [0.4, 0.5) is 0 Å². The summed E-state index contributed by atoms with van der Waals surface area (Å²) >= 11 is 0. The number of sulfone groups is 1. The van der Waals surface area contributed by atoms with Gasteiger partial charge in [-0.15, -0.1) is 0 Å². The topological polar surface area (TPSA) is 142 Å². The molecule has 2 aliphatic rings. The number of carboxylic acid groups (broad SMARTS) is 1. The fraction of sp³-hybridized carbons (Fsp3) is 0.367. The molecule has 2 fully saturated rings. The molecule has 1 saturated carbocycles. The number of carboxylic acids is 1. The number of benzene rings is 3. The van der Waals surface area contributed by atoms with Crippen LogP contribution >= 0.6 is 0 Å². The standard InChI is InChI=1S/C30H31N3O5S/c31-19-21-7-5-6-20(16-21)18-30(32,39(37,38)24-13-12-22-8-1-2-9-23(22)17-24)29(36)33-15-14-26(28(34)35)25-10-3-4-11-27(25)33/h1-2,5-9,12-13,16-17,25-27H,3-4,10-11,14-15,18,32H2,(H,34,35)/t25?,26?,27?,30-/m1/s1. The number of carbonyl (C=O) groups excluding carboxylic acids is 1. The van der Waals surface area contributed by atoms with Crippen molar-refractivity contribution < 1.29 is 23.1 Å². The Kier molecular flexibility index (Phi) is 7.19. The fourth-order valence-electron chi connectivity index (χ4n) is 6.34. The van der Waals surface area contributed by atoms with Gasteiger partial charge in [0.05, 0.1) is 22.4 Å². The summed E-state index contributed by atoms with van der Waals surface area (Å²) in [5.74, 6) is -2.42. The van der Waals surface area contributed by atoms with Crippen molar-refractivity contribution in [3.05, 3.63) is 77.9 Å². The van der Waals surface area contributed by atoms with Gasteiger partial charge < -0.3 is 15.7 Å². The van der Waals surface area contributed by atoms with Crippen molar-refractivity contribution in [2.24, 2.45) is 17.6 Å². The number of rotatable bonds is 6. The minimum absolute atomic E-state index is 0.0610. The van der Waals surface area contributed by atoms with E-state index in [1.54, 1.807) is 36.4 Å². The molecule has 4 atom stereocenters. The zero-order valence-electron chi connectivity index (χ0n) is 21.5. The fourth-order valence-corrected chi connectivity index (χ4v) is 7.99. The first-order valence-corrected chi connectivity index (χ1v) is 14.7. The summed E-state index contributed by atoms with van der Waals surface area (Å²) in [5, 5.41) is 20.8. The number of fused-ring (bicyclic) bond motifs is 2. The molecule has 1 amide bonds. The molecule has 9 heteroatoms. The summed E-state index contributed by atoms with van der Waals surface area (Å²) in [5.41, 5.74) is 7.57. The molecular weight excluding hydrogens is 514 g/mol. The van der Waals surface area contributed by atoms with E-state index < -0.39 is 32.5 Å². The third-order valence-electron chi connectivity index (χ3n) is 8.35. The Morgan fingerprint density at radius 2 is 1.74 bits per heavy atom. The van der Waals surface area contributed by atoms with Crippen LogP contribution in [0.5, 0.6) is 0 Å². The molecule has 0 radical (unpaired) electrons. The number of hydrogen-bond acceptors (Lipinski definition) is 6. The first-order valence-electron chi connectivity index (χ1n) is 13.2. The van der Waals surface area contributed by atoms with E-state index in [9.17, 15) is 28.4 Å². The average molecular weight is 546 g/mol. The summed E-state index contributed by atoms with van der Waals surface area (Å²) in [7, 11) is -4.44. The lowest BCUT2D eigenvalue weighted by molar-refractivity contribution is -0.154. The van der Waals surface area contributed by atoms with Crippen molar-refractivity contribution in [3.8, 4) is 6.07 Å². The third-order valence-corrected chi connectivity index (χ3v) is 10.5. The Bertz CT molecular complexity index is 1580. The van der Waals surface area contributed by atoms with Gasteiger partial charge in [-0.1, -0.05) is 55.3 Å². The Labute approximate surface area is 228 Å². The molecule has 0 bridgehead atoms. The highest BCUT2D eigenvalue weighted by atomic mass is 32.2. The number of amides is 1. The molecule has 1 aliphatic carbocycles. The number of aliphatic carboxylic acids is 1. The molecule has 8 nitrogen and oxygen atoms in total. The summed E-state index contributed by atoms with van der Waals surface area (Å²) < 4.78 is 28.7. The summed E-state index contributed by atoms with van der Waals surface area (Å²) in [6.45, 7) is 0.126. The first kappa shape index (κ1) is 26.9. The smallest absolute Gasteiger partial charge is 0.306 e. The van der Waals surface area contributed by atoms with Gasteiger partial charge in [0, 0.05) is 19.0 Å². The Morgan fingerprint density at radius 1 is 1.00 bits per heavy atom. The van der Waals surface area contributed by atoms with Crippen LogP contribution < -0.4 is 5.73 Å². The van der Waals surface area contributed by atoms with Crippen LogP contribution in [0.3, 0.4) is 0 Å². The van der Waals surface area contributed by atoms with E-state index in [1.165, 1.54) is 17.0 Å².